The number of thiophene rings is 1. The molecule has 1 aromatic carbocycles. The summed E-state index contributed by atoms with van der Waals surface area (Å²) in [5, 5.41) is 5.67. The number of nitrogens with zero attached hydrogens (tertiary/aromatic N) is 1. The highest BCUT2D eigenvalue weighted by Gasteiger charge is 2.29. The van der Waals surface area contributed by atoms with Gasteiger partial charge in [-0.1, -0.05) is 24.3 Å². The van der Waals surface area contributed by atoms with Gasteiger partial charge in [-0.3, -0.25) is 4.90 Å². The number of nitrogens with one attached hydrogen (secondary N) is 1. The molecule has 2 aromatic rings. The van der Waals surface area contributed by atoms with E-state index < -0.39 is 0 Å². The molecular formula is C18H22N2S. The fourth-order valence-corrected chi connectivity index (χ4v) is 4.06. The van der Waals surface area contributed by atoms with Crippen LogP contribution in [0.4, 0.5) is 0 Å². The van der Waals surface area contributed by atoms with Crippen molar-refractivity contribution in [2.75, 3.05) is 6.54 Å². The van der Waals surface area contributed by atoms with Crippen LogP contribution in [0.2, 0.25) is 0 Å². The normalized spacial score (nSPS) is 18.0. The largest absolute Gasteiger partial charge is 0.312 e. The monoisotopic (exact) mass is 298 g/mol. The number of hydrogen-bond acceptors (Lipinski definition) is 3. The summed E-state index contributed by atoms with van der Waals surface area (Å²) >= 11 is 1.88. The van der Waals surface area contributed by atoms with Crippen LogP contribution < -0.4 is 5.32 Å². The molecule has 110 valence electrons. The summed E-state index contributed by atoms with van der Waals surface area (Å²) in [6.45, 7) is 4.39. The number of rotatable bonds is 5. The first-order chi connectivity index (χ1) is 10.4. The molecule has 0 unspecified atom stereocenters. The van der Waals surface area contributed by atoms with Gasteiger partial charge in [0, 0.05) is 30.6 Å². The Morgan fingerprint density at radius 1 is 1.14 bits per heavy atom. The van der Waals surface area contributed by atoms with Crippen molar-refractivity contribution in [3.8, 4) is 0 Å². The third-order valence-corrected chi connectivity index (χ3v) is 5.47. The molecule has 4 rings (SSSR count). The van der Waals surface area contributed by atoms with E-state index in [-0.39, 0.29) is 0 Å². The quantitative estimate of drug-likeness (QED) is 0.908. The van der Waals surface area contributed by atoms with E-state index in [9.17, 15) is 0 Å². The lowest BCUT2D eigenvalue weighted by atomic mass is 9.95. The van der Waals surface area contributed by atoms with Crippen molar-refractivity contribution in [1.29, 1.82) is 0 Å². The summed E-state index contributed by atoms with van der Waals surface area (Å²) in [4.78, 5) is 4.18. The smallest absolute Gasteiger partial charge is 0.0334 e. The molecule has 3 heteroatoms. The summed E-state index contributed by atoms with van der Waals surface area (Å²) in [6, 6.07) is 12.1. The summed E-state index contributed by atoms with van der Waals surface area (Å²) < 4.78 is 0. The van der Waals surface area contributed by atoms with Crippen molar-refractivity contribution in [1.82, 2.24) is 10.2 Å². The zero-order chi connectivity index (χ0) is 14.1. The maximum Gasteiger partial charge on any atom is 0.0334 e. The standard InChI is InChI=1S/C18H22N2S/c1-3-14-11-19-9-8-18(14)15(4-1)12-20(16-6-7-16)13-17-5-2-10-21-17/h1-5,10,16,19H,6-9,11-13H2. The molecule has 0 amide bonds. The van der Waals surface area contributed by atoms with Gasteiger partial charge in [-0.05, 0) is 53.9 Å². The molecule has 21 heavy (non-hydrogen) atoms. The molecule has 1 aromatic heterocycles. The molecule has 1 aliphatic carbocycles. The van der Waals surface area contributed by atoms with Crippen molar-refractivity contribution in [2.45, 2.75) is 44.9 Å². The topological polar surface area (TPSA) is 15.3 Å². The van der Waals surface area contributed by atoms with Gasteiger partial charge in [0.05, 0.1) is 0 Å². The molecule has 0 atom stereocenters. The average Bonchev–Trinajstić information content (AvgIpc) is 3.25. The third-order valence-electron chi connectivity index (χ3n) is 4.61. The first-order valence-corrected chi connectivity index (χ1v) is 8.85. The highest BCUT2D eigenvalue weighted by atomic mass is 32.1. The summed E-state index contributed by atoms with van der Waals surface area (Å²) in [5.74, 6) is 0. The van der Waals surface area contributed by atoms with E-state index in [2.05, 4.69) is 45.9 Å². The molecular weight excluding hydrogens is 276 g/mol. The van der Waals surface area contributed by atoms with Crippen LogP contribution in [0, 0.1) is 0 Å². The Labute approximate surface area is 130 Å². The van der Waals surface area contributed by atoms with Gasteiger partial charge in [-0.2, -0.15) is 0 Å². The van der Waals surface area contributed by atoms with Crippen molar-refractivity contribution in [3.63, 3.8) is 0 Å². The third kappa shape index (κ3) is 3.05. The van der Waals surface area contributed by atoms with Gasteiger partial charge in [0.1, 0.15) is 0 Å². The van der Waals surface area contributed by atoms with Crippen LogP contribution in [-0.2, 0) is 26.1 Å². The summed E-state index contributed by atoms with van der Waals surface area (Å²) in [6.07, 6.45) is 3.94. The Hall–Kier alpha value is -1.16. The maximum absolute atomic E-state index is 3.48. The van der Waals surface area contributed by atoms with Crippen molar-refractivity contribution in [3.05, 3.63) is 57.3 Å². The second-order valence-electron chi connectivity index (χ2n) is 6.20. The van der Waals surface area contributed by atoms with Crippen LogP contribution in [0.5, 0.6) is 0 Å². The minimum atomic E-state index is 0.810. The van der Waals surface area contributed by atoms with Crippen LogP contribution in [0.15, 0.2) is 35.7 Å². The van der Waals surface area contributed by atoms with Crippen LogP contribution in [-0.4, -0.2) is 17.5 Å². The minimum Gasteiger partial charge on any atom is -0.312 e. The van der Waals surface area contributed by atoms with Gasteiger partial charge in [-0.25, -0.2) is 0 Å². The lowest BCUT2D eigenvalue weighted by Crippen LogP contribution is -2.28. The number of benzene rings is 1. The molecule has 1 fully saturated rings. The second-order valence-corrected chi connectivity index (χ2v) is 7.23. The first-order valence-electron chi connectivity index (χ1n) is 7.97. The molecule has 0 radical (unpaired) electrons. The lowest BCUT2D eigenvalue weighted by molar-refractivity contribution is 0.247. The van der Waals surface area contributed by atoms with Crippen LogP contribution in [0.1, 0.15) is 34.4 Å². The van der Waals surface area contributed by atoms with Crippen LogP contribution >= 0.6 is 11.3 Å². The number of hydrogen-bond donors (Lipinski definition) is 1. The number of fused-ring (bicyclic) bond motifs is 1. The van der Waals surface area contributed by atoms with E-state index in [1.165, 1.54) is 29.7 Å². The Balaban J connectivity index is 1.55. The predicted molar refractivity (Wildman–Crippen MR) is 88.4 cm³/mol. The molecule has 0 bridgehead atoms. The van der Waals surface area contributed by atoms with Gasteiger partial charge in [0.25, 0.3) is 0 Å². The van der Waals surface area contributed by atoms with Gasteiger partial charge < -0.3 is 5.32 Å². The van der Waals surface area contributed by atoms with Crippen LogP contribution in [0.25, 0.3) is 0 Å². The van der Waals surface area contributed by atoms with Gasteiger partial charge in [0.2, 0.25) is 0 Å². The fraction of sp³-hybridized carbons (Fsp3) is 0.444. The molecule has 0 spiro atoms. The van der Waals surface area contributed by atoms with Crippen LogP contribution in [0.3, 0.4) is 0 Å². The predicted octanol–water partition coefficient (Wildman–Crippen LogP) is 3.56. The molecule has 0 saturated heterocycles. The molecule has 2 heterocycles. The molecule has 2 nitrogen and oxygen atoms in total. The Bertz CT molecular complexity index is 602. The van der Waals surface area contributed by atoms with Crippen molar-refractivity contribution >= 4 is 11.3 Å². The van der Waals surface area contributed by atoms with E-state index >= 15 is 0 Å². The van der Waals surface area contributed by atoms with E-state index in [0.717, 1.165) is 32.2 Å². The van der Waals surface area contributed by atoms with E-state index in [4.69, 9.17) is 0 Å². The highest BCUT2D eigenvalue weighted by Crippen LogP contribution is 2.32. The Kier molecular flexibility index (Phi) is 3.80. The SMILES string of the molecule is c1csc(CN(Cc2cccc3c2CCNC3)C2CC2)c1. The molecule has 1 N–H and O–H groups in total. The highest BCUT2D eigenvalue weighted by molar-refractivity contribution is 7.09. The minimum absolute atomic E-state index is 0.810. The Morgan fingerprint density at radius 2 is 2.10 bits per heavy atom. The zero-order valence-electron chi connectivity index (χ0n) is 12.3. The molecule has 2 aliphatic rings. The zero-order valence-corrected chi connectivity index (χ0v) is 13.2. The van der Waals surface area contributed by atoms with Gasteiger partial charge in [0.15, 0.2) is 0 Å². The average molecular weight is 298 g/mol. The second kappa shape index (κ2) is 5.91. The van der Waals surface area contributed by atoms with Gasteiger partial charge >= 0.3 is 0 Å². The lowest BCUT2D eigenvalue weighted by Gasteiger charge is -2.26. The van der Waals surface area contributed by atoms with Gasteiger partial charge in [-0.15, -0.1) is 11.3 Å². The van der Waals surface area contributed by atoms with Crippen molar-refractivity contribution < 1.29 is 0 Å². The van der Waals surface area contributed by atoms with Crippen molar-refractivity contribution in [2.24, 2.45) is 0 Å². The summed E-state index contributed by atoms with van der Waals surface area (Å²) in [7, 11) is 0. The maximum atomic E-state index is 3.48. The Morgan fingerprint density at radius 3 is 2.90 bits per heavy atom. The summed E-state index contributed by atoms with van der Waals surface area (Å²) in [5.41, 5.74) is 4.66. The van der Waals surface area contributed by atoms with E-state index in [1.807, 2.05) is 11.3 Å². The van der Waals surface area contributed by atoms with E-state index in [1.54, 1.807) is 11.1 Å². The first kappa shape index (κ1) is 13.5. The van der Waals surface area contributed by atoms with E-state index in [0.29, 0.717) is 0 Å². The molecule has 1 saturated carbocycles. The fourth-order valence-electron chi connectivity index (χ4n) is 3.33. The molecule has 1 aliphatic heterocycles.